The predicted molar refractivity (Wildman–Crippen MR) is 127 cm³/mol. The van der Waals surface area contributed by atoms with Gasteiger partial charge in [0.1, 0.15) is 6.04 Å². The standard InChI is InChI=1S/C23H27N3O5S2/c1-5-25-18-13-19(30-3)20(31-4)14-21(18)32-23(25)24-22(27)17-7-6-12-26(17)33(28,29)16-10-8-15(2)9-11-16/h8-11,13-14,17H,5-7,12H2,1-4H3. The number of sulfonamides is 1. The fourth-order valence-corrected chi connectivity index (χ4v) is 6.84. The minimum Gasteiger partial charge on any atom is -0.493 e. The van der Waals surface area contributed by atoms with Crippen LogP contribution in [0, 0.1) is 6.92 Å². The Balaban J connectivity index is 1.73. The summed E-state index contributed by atoms with van der Waals surface area (Å²) in [7, 11) is -0.638. The maximum atomic E-state index is 13.2. The third-order valence-electron chi connectivity index (χ3n) is 5.83. The van der Waals surface area contributed by atoms with Crippen LogP contribution >= 0.6 is 11.3 Å². The average Bonchev–Trinajstić information content (AvgIpc) is 3.43. The van der Waals surface area contributed by atoms with E-state index in [0.717, 1.165) is 15.8 Å². The average molecular weight is 490 g/mol. The molecule has 1 atom stereocenters. The summed E-state index contributed by atoms with van der Waals surface area (Å²) < 4.78 is 41.4. The molecule has 176 valence electrons. The molecule has 1 aromatic heterocycles. The zero-order valence-electron chi connectivity index (χ0n) is 19.1. The van der Waals surface area contributed by atoms with Crippen molar-refractivity contribution < 1.29 is 22.7 Å². The van der Waals surface area contributed by atoms with Crippen molar-refractivity contribution in [3.63, 3.8) is 0 Å². The van der Waals surface area contributed by atoms with E-state index >= 15 is 0 Å². The van der Waals surface area contributed by atoms with Crippen LogP contribution < -0.4 is 14.3 Å². The number of hydrogen-bond donors (Lipinski definition) is 0. The highest BCUT2D eigenvalue weighted by Gasteiger charge is 2.39. The maximum Gasteiger partial charge on any atom is 0.266 e. The lowest BCUT2D eigenvalue weighted by Crippen LogP contribution is -2.40. The van der Waals surface area contributed by atoms with Gasteiger partial charge in [-0.3, -0.25) is 4.79 Å². The van der Waals surface area contributed by atoms with Gasteiger partial charge in [-0.15, -0.1) is 0 Å². The number of nitrogens with zero attached hydrogens (tertiary/aromatic N) is 3. The van der Waals surface area contributed by atoms with E-state index in [1.165, 1.54) is 15.6 Å². The molecule has 0 aliphatic carbocycles. The third kappa shape index (κ3) is 4.30. The normalized spacial score (nSPS) is 17.6. The monoisotopic (exact) mass is 489 g/mol. The van der Waals surface area contributed by atoms with Crippen molar-refractivity contribution in [3.8, 4) is 11.5 Å². The van der Waals surface area contributed by atoms with E-state index in [1.54, 1.807) is 38.5 Å². The first-order valence-electron chi connectivity index (χ1n) is 10.7. The van der Waals surface area contributed by atoms with Crippen LogP contribution in [-0.4, -0.2) is 50.0 Å². The number of aromatic nitrogens is 1. The summed E-state index contributed by atoms with van der Waals surface area (Å²) in [4.78, 5) is 18.3. The molecule has 1 aliphatic heterocycles. The van der Waals surface area contributed by atoms with Gasteiger partial charge in [0.2, 0.25) is 10.0 Å². The molecular weight excluding hydrogens is 462 g/mol. The molecule has 0 radical (unpaired) electrons. The molecule has 0 bridgehead atoms. The Hall–Kier alpha value is -2.69. The van der Waals surface area contributed by atoms with Crippen molar-refractivity contribution in [2.24, 2.45) is 4.99 Å². The highest BCUT2D eigenvalue weighted by Crippen LogP contribution is 2.33. The lowest BCUT2D eigenvalue weighted by atomic mass is 10.2. The van der Waals surface area contributed by atoms with Gasteiger partial charge in [0, 0.05) is 25.2 Å². The van der Waals surface area contributed by atoms with Gasteiger partial charge in [0.25, 0.3) is 5.91 Å². The zero-order chi connectivity index (χ0) is 23.8. The molecule has 1 unspecified atom stereocenters. The second-order valence-corrected chi connectivity index (χ2v) is 10.7. The minimum absolute atomic E-state index is 0.192. The Bertz CT molecular complexity index is 1360. The molecule has 3 aromatic rings. The number of thiazole rings is 1. The number of fused-ring (bicyclic) bond motifs is 1. The molecule has 33 heavy (non-hydrogen) atoms. The molecular formula is C23H27N3O5S2. The predicted octanol–water partition coefficient (Wildman–Crippen LogP) is 3.33. The molecule has 10 heteroatoms. The lowest BCUT2D eigenvalue weighted by molar-refractivity contribution is -0.121. The van der Waals surface area contributed by atoms with Gasteiger partial charge in [0.15, 0.2) is 16.3 Å². The molecule has 1 aliphatic rings. The van der Waals surface area contributed by atoms with Crippen molar-refractivity contribution in [2.75, 3.05) is 20.8 Å². The van der Waals surface area contributed by atoms with Crippen molar-refractivity contribution in [2.45, 2.75) is 44.2 Å². The van der Waals surface area contributed by atoms with Crippen molar-refractivity contribution in [1.29, 1.82) is 0 Å². The van der Waals surface area contributed by atoms with Gasteiger partial charge in [-0.2, -0.15) is 9.30 Å². The van der Waals surface area contributed by atoms with Crippen LogP contribution in [-0.2, 0) is 21.4 Å². The van der Waals surface area contributed by atoms with Gasteiger partial charge >= 0.3 is 0 Å². The molecule has 2 heterocycles. The molecule has 8 nitrogen and oxygen atoms in total. The Morgan fingerprint density at radius 2 is 1.82 bits per heavy atom. The van der Waals surface area contributed by atoms with Crippen LogP contribution in [0.1, 0.15) is 25.3 Å². The quantitative estimate of drug-likeness (QED) is 0.530. The summed E-state index contributed by atoms with van der Waals surface area (Å²) >= 11 is 1.36. The van der Waals surface area contributed by atoms with Gasteiger partial charge in [-0.1, -0.05) is 29.0 Å². The van der Waals surface area contributed by atoms with Crippen molar-refractivity contribution in [1.82, 2.24) is 8.87 Å². The summed E-state index contributed by atoms with van der Waals surface area (Å²) in [6.45, 7) is 4.76. The number of aryl methyl sites for hydroxylation is 2. The second kappa shape index (κ2) is 9.28. The number of ether oxygens (including phenoxy) is 2. The van der Waals surface area contributed by atoms with Gasteiger partial charge < -0.3 is 14.0 Å². The van der Waals surface area contributed by atoms with E-state index in [-0.39, 0.29) is 4.90 Å². The highest BCUT2D eigenvalue weighted by molar-refractivity contribution is 7.89. The Kier molecular flexibility index (Phi) is 6.60. The number of carbonyl (C=O) groups is 1. The van der Waals surface area contributed by atoms with Crippen molar-refractivity contribution in [3.05, 3.63) is 46.8 Å². The van der Waals surface area contributed by atoms with Crippen LogP contribution in [0.3, 0.4) is 0 Å². The molecule has 0 spiro atoms. The molecule has 0 saturated carbocycles. The van der Waals surface area contributed by atoms with Crippen LogP contribution in [0.5, 0.6) is 11.5 Å². The number of benzene rings is 2. The van der Waals surface area contributed by atoms with E-state index in [9.17, 15) is 13.2 Å². The minimum atomic E-state index is -3.78. The fraction of sp³-hybridized carbons (Fsp3) is 0.391. The number of hydrogen-bond acceptors (Lipinski definition) is 6. The first-order valence-corrected chi connectivity index (χ1v) is 13.0. The third-order valence-corrected chi connectivity index (χ3v) is 8.79. The van der Waals surface area contributed by atoms with Crippen LogP contribution in [0.2, 0.25) is 0 Å². The number of amides is 1. The molecule has 0 N–H and O–H groups in total. The van der Waals surface area contributed by atoms with Gasteiger partial charge in [-0.25, -0.2) is 8.42 Å². The van der Waals surface area contributed by atoms with E-state index in [1.807, 2.05) is 30.5 Å². The fourth-order valence-electron chi connectivity index (χ4n) is 4.08. The van der Waals surface area contributed by atoms with Gasteiger partial charge in [0.05, 0.1) is 29.3 Å². The SMILES string of the molecule is CCn1c(=NC(=O)C2CCCN2S(=O)(=O)c2ccc(C)cc2)sc2cc(OC)c(OC)cc21. The number of methoxy groups -OCH3 is 2. The highest BCUT2D eigenvalue weighted by atomic mass is 32.2. The molecule has 4 rings (SSSR count). The zero-order valence-corrected chi connectivity index (χ0v) is 20.7. The van der Waals surface area contributed by atoms with Crippen molar-refractivity contribution >= 4 is 37.5 Å². The Labute approximate surface area is 197 Å². The Morgan fingerprint density at radius 1 is 1.15 bits per heavy atom. The molecule has 1 fully saturated rings. The first kappa shape index (κ1) is 23.5. The Morgan fingerprint density at radius 3 is 2.45 bits per heavy atom. The molecule has 2 aromatic carbocycles. The number of carbonyl (C=O) groups excluding carboxylic acids is 1. The van der Waals surface area contributed by atoms with E-state index < -0.39 is 22.0 Å². The first-order chi connectivity index (χ1) is 15.8. The number of rotatable bonds is 6. The summed E-state index contributed by atoms with van der Waals surface area (Å²) in [5.74, 6) is 0.739. The van der Waals surface area contributed by atoms with E-state index in [4.69, 9.17) is 9.47 Å². The lowest BCUT2D eigenvalue weighted by Gasteiger charge is -2.21. The summed E-state index contributed by atoms with van der Waals surface area (Å²) in [5, 5.41) is 0. The van der Waals surface area contributed by atoms with Crippen LogP contribution in [0.15, 0.2) is 46.3 Å². The summed E-state index contributed by atoms with van der Waals surface area (Å²) in [6.07, 6.45) is 1.07. The molecule has 1 saturated heterocycles. The van der Waals surface area contributed by atoms with Gasteiger partial charge in [-0.05, 0) is 38.8 Å². The van der Waals surface area contributed by atoms with E-state index in [2.05, 4.69) is 4.99 Å². The van der Waals surface area contributed by atoms with E-state index in [0.29, 0.717) is 42.2 Å². The summed E-state index contributed by atoms with van der Waals surface area (Å²) in [5.41, 5.74) is 1.85. The largest absolute Gasteiger partial charge is 0.493 e. The van der Waals surface area contributed by atoms with Crippen LogP contribution in [0.25, 0.3) is 10.2 Å². The smallest absolute Gasteiger partial charge is 0.266 e. The topological polar surface area (TPSA) is 90.2 Å². The summed E-state index contributed by atoms with van der Waals surface area (Å²) in [6, 6.07) is 9.59. The second-order valence-electron chi connectivity index (χ2n) is 7.84. The van der Waals surface area contributed by atoms with Crippen LogP contribution in [0.4, 0.5) is 0 Å². The molecule has 1 amide bonds. The maximum absolute atomic E-state index is 13.2.